The van der Waals surface area contributed by atoms with E-state index in [0.717, 1.165) is 35.5 Å². The van der Waals surface area contributed by atoms with Gasteiger partial charge in [-0.2, -0.15) is 5.01 Å². The number of carbonyl (C=O) groups is 3. The van der Waals surface area contributed by atoms with Gasteiger partial charge in [-0.05, 0) is 41.0 Å². The van der Waals surface area contributed by atoms with Crippen LogP contribution in [0.1, 0.15) is 24.1 Å². The molecule has 3 heterocycles. The van der Waals surface area contributed by atoms with Gasteiger partial charge in [0.05, 0.1) is 32.8 Å². The standard InChI is InChI=1S/C35H38N6O5.CH4/c1-2-15-39-25-33(43)40-31(21-26-11-13-30(42)14-12-26)34(44)38(23-28-9-6-10-29(20-28)37-16-18-46-19-17-37)24-32(40)41(39)35(45)36-22-27-7-4-3-5-8-27;/h1,3-14,20,31-32,42H,15-19,21-25H2,(H,36,45);1H4/t31-,32-;/m0./s1. The zero-order chi connectivity index (χ0) is 32.0. The van der Waals surface area contributed by atoms with E-state index >= 15 is 0 Å². The number of benzene rings is 3. The van der Waals surface area contributed by atoms with Crippen molar-refractivity contribution in [2.24, 2.45) is 0 Å². The number of aromatic hydroxyl groups is 1. The van der Waals surface area contributed by atoms with Gasteiger partial charge >= 0.3 is 6.03 Å². The first-order valence-corrected chi connectivity index (χ1v) is 15.5. The molecule has 0 aliphatic carbocycles. The quantitative estimate of drug-likeness (QED) is 0.365. The largest absolute Gasteiger partial charge is 0.508 e. The van der Waals surface area contributed by atoms with Gasteiger partial charge in [-0.25, -0.2) is 9.80 Å². The lowest BCUT2D eigenvalue weighted by Gasteiger charge is -2.55. The maximum atomic E-state index is 14.3. The molecule has 6 rings (SSSR count). The number of hydrogen-bond donors (Lipinski definition) is 2. The summed E-state index contributed by atoms with van der Waals surface area (Å²) in [5.41, 5.74) is 3.71. The SMILES string of the molecule is C.C#CCN1CC(=O)N2[C@@H](Cc3ccc(O)cc3)C(=O)N(Cc3cccc(N4CCOCC4)c3)C[C@@H]2N1C(=O)NCc1ccccc1. The van der Waals surface area contributed by atoms with Crippen molar-refractivity contribution in [2.45, 2.75) is 39.1 Å². The number of phenolic OH excluding ortho intramolecular Hbond substituents is 1. The van der Waals surface area contributed by atoms with E-state index in [4.69, 9.17) is 11.2 Å². The highest BCUT2D eigenvalue weighted by Crippen LogP contribution is 2.30. The number of phenols is 1. The van der Waals surface area contributed by atoms with E-state index in [1.807, 2.05) is 42.5 Å². The third-order valence-corrected chi connectivity index (χ3v) is 8.62. The Morgan fingerprint density at radius 2 is 1.68 bits per heavy atom. The summed E-state index contributed by atoms with van der Waals surface area (Å²) < 4.78 is 5.52. The average Bonchev–Trinajstić information content (AvgIpc) is 3.07. The van der Waals surface area contributed by atoms with E-state index in [1.165, 1.54) is 5.01 Å². The van der Waals surface area contributed by atoms with Gasteiger partial charge in [-0.1, -0.05) is 67.9 Å². The second-order valence-electron chi connectivity index (χ2n) is 11.7. The highest BCUT2D eigenvalue weighted by atomic mass is 16.5. The molecule has 0 saturated carbocycles. The van der Waals surface area contributed by atoms with Crippen LogP contribution in [0, 0.1) is 12.3 Å². The number of anilines is 1. The molecule has 3 fully saturated rings. The highest BCUT2D eigenvalue weighted by molar-refractivity contribution is 5.91. The number of fused-ring (bicyclic) bond motifs is 1. The number of carbonyl (C=O) groups excluding carboxylic acids is 3. The zero-order valence-electron chi connectivity index (χ0n) is 25.6. The molecule has 0 spiro atoms. The zero-order valence-corrected chi connectivity index (χ0v) is 25.6. The van der Waals surface area contributed by atoms with Crippen molar-refractivity contribution in [3.05, 3.63) is 95.6 Å². The van der Waals surface area contributed by atoms with Crippen LogP contribution in [-0.2, 0) is 33.8 Å². The van der Waals surface area contributed by atoms with Crippen molar-refractivity contribution in [3.63, 3.8) is 0 Å². The summed E-state index contributed by atoms with van der Waals surface area (Å²) >= 11 is 0. The topological polar surface area (TPSA) is 109 Å². The molecular weight excluding hydrogens is 596 g/mol. The van der Waals surface area contributed by atoms with Gasteiger partial charge in [0.1, 0.15) is 18.0 Å². The van der Waals surface area contributed by atoms with Crippen LogP contribution in [0.5, 0.6) is 5.75 Å². The Bertz CT molecular complexity index is 1590. The molecule has 0 radical (unpaired) electrons. The Kier molecular flexibility index (Phi) is 10.7. The van der Waals surface area contributed by atoms with Crippen molar-refractivity contribution in [3.8, 4) is 18.1 Å². The maximum absolute atomic E-state index is 14.3. The lowest BCUT2D eigenvalue weighted by atomic mass is 9.98. The van der Waals surface area contributed by atoms with E-state index in [9.17, 15) is 19.5 Å². The highest BCUT2D eigenvalue weighted by Gasteiger charge is 2.51. The first-order chi connectivity index (χ1) is 22.4. The van der Waals surface area contributed by atoms with Gasteiger partial charge in [0.2, 0.25) is 11.8 Å². The Morgan fingerprint density at radius 3 is 2.40 bits per heavy atom. The first kappa shape index (κ1) is 33.3. The van der Waals surface area contributed by atoms with Crippen LogP contribution in [0.15, 0.2) is 78.9 Å². The van der Waals surface area contributed by atoms with Gasteiger partial charge < -0.3 is 29.9 Å². The molecule has 2 N–H and O–H groups in total. The number of nitrogens with zero attached hydrogens (tertiary/aromatic N) is 5. The molecule has 246 valence electrons. The fraction of sp³-hybridized carbons (Fsp3) is 0.361. The van der Waals surface area contributed by atoms with Crippen LogP contribution < -0.4 is 10.2 Å². The van der Waals surface area contributed by atoms with Gasteiger partial charge in [0.15, 0.2) is 0 Å². The summed E-state index contributed by atoms with van der Waals surface area (Å²) in [6.07, 6.45) is 5.14. The van der Waals surface area contributed by atoms with E-state index < -0.39 is 18.2 Å². The fourth-order valence-corrected chi connectivity index (χ4v) is 6.38. The molecule has 11 nitrogen and oxygen atoms in total. The number of urea groups is 1. The Morgan fingerprint density at radius 1 is 0.957 bits per heavy atom. The number of hydrogen-bond acceptors (Lipinski definition) is 7. The third kappa shape index (κ3) is 7.51. The number of terminal acetylenes is 1. The van der Waals surface area contributed by atoms with Crippen LogP contribution in [0.3, 0.4) is 0 Å². The molecule has 0 bridgehead atoms. The normalized spacial score (nSPS) is 19.9. The predicted molar refractivity (Wildman–Crippen MR) is 179 cm³/mol. The molecule has 3 aliphatic rings. The molecule has 11 heteroatoms. The minimum atomic E-state index is -0.865. The average molecular weight is 639 g/mol. The van der Waals surface area contributed by atoms with Gasteiger partial charge in [-0.3, -0.25) is 9.59 Å². The molecule has 3 aromatic rings. The number of rotatable bonds is 8. The van der Waals surface area contributed by atoms with E-state index in [2.05, 4.69) is 28.3 Å². The van der Waals surface area contributed by atoms with Crippen molar-refractivity contribution >= 4 is 23.5 Å². The minimum Gasteiger partial charge on any atom is -0.508 e. The van der Waals surface area contributed by atoms with Crippen LogP contribution >= 0.6 is 0 Å². The second-order valence-corrected chi connectivity index (χ2v) is 11.7. The third-order valence-electron chi connectivity index (χ3n) is 8.62. The lowest BCUT2D eigenvalue weighted by Crippen LogP contribution is -2.76. The molecule has 4 amide bonds. The maximum Gasteiger partial charge on any atom is 0.334 e. The van der Waals surface area contributed by atoms with E-state index in [-0.39, 0.29) is 57.6 Å². The van der Waals surface area contributed by atoms with Crippen molar-refractivity contribution < 1.29 is 24.2 Å². The van der Waals surface area contributed by atoms with Gasteiger partial charge in [0.25, 0.3) is 0 Å². The predicted octanol–water partition coefficient (Wildman–Crippen LogP) is 3.05. The molecule has 47 heavy (non-hydrogen) atoms. The number of nitrogens with one attached hydrogen (secondary N) is 1. The number of morpholine rings is 1. The lowest BCUT2D eigenvalue weighted by molar-refractivity contribution is -0.189. The summed E-state index contributed by atoms with van der Waals surface area (Å²) in [7, 11) is 0. The summed E-state index contributed by atoms with van der Waals surface area (Å²) in [6, 6.07) is 23.0. The molecule has 0 aromatic heterocycles. The van der Waals surface area contributed by atoms with Gasteiger partial charge in [-0.15, -0.1) is 6.42 Å². The number of ether oxygens (including phenoxy) is 1. The molecule has 2 atom stereocenters. The van der Waals surface area contributed by atoms with Crippen LogP contribution in [0.2, 0.25) is 0 Å². The molecule has 3 saturated heterocycles. The number of piperazine rings is 1. The monoisotopic (exact) mass is 638 g/mol. The molecule has 0 unspecified atom stereocenters. The molecule has 3 aliphatic heterocycles. The summed E-state index contributed by atoms with van der Waals surface area (Å²) in [4.78, 5) is 47.5. The number of hydrazine groups is 1. The van der Waals surface area contributed by atoms with Crippen molar-refractivity contribution in [1.29, 1.82) is 0 Å². The van der Waals surface area contributed by atoms with Crippen LogP contribution in [-0.4, -0.2) is 101 Å². The first-order valence-electron chi connectivity index (χ1n) is 15.5. The van der Waals surface area contributed by atoms with E-state index in [0.29, 0.717) is 19.8 Å². The van der Waals surface area contributed by atoms with E-state index in [1.54, 1.807) is 39.1 Å². The second kappa shape index (κ2) is 15.0. The Hall–Kier alpha value is -5.05. The number of amides is 4. The summed E-state index contributed by atoms with van der Waals surface area (Å²) in [5.74, 6) is 2.21. The van der Waals surface area contributed by atoms with Gasteiger partial charge in [0, 0.05) is 38.3 Å². The fourth-order valence-electron chi connectivity index (χ4n) is 6.38. The van der Waals surface area contributed by atoms with Crippen molar-refractivity contribution in [1.82, 2.24) is 25.1 Å². The van der Waals surface area contributed by atoms with Crippen LogP contribution in [0.4, 0.5) is 10.5 Å². The smallest absolute Gasteiger partial charge is 0.334 e. The minimum absolute atomic E-state index is 0. The molecular formula is C36H42N6O5. The van der Waals surface area contributed by atoms with Crippen molar-refractivity contribution in [2.75, 3.05) is 50.8 Å². The summed E-state index contributed by atoms with van der Waals surface area (Å²) in [5, 5.41) is 15.9. The molecule has 3 aromatic carbocycles. The Balaban J connectivity index is 0.00000433. The Labute approximate surface area is 276 Å². The van der Waals surface area contributed by atoms with Crippen LogP contribution in [0.25, 0.3) is 0 Å². The summed E-state index contributed by atoms with van der Waals surface area (Å²) in [6.45, 7) is 3.51.